The lowest BCUT2D eigenvalue weighted by Crippen LogP contribution is -2.28. The van der Waals surface area contributed by atoms with Gasteiger partial charge >= 0.3 is 12.1 Å². The molecule has 0 aliphatic carbocycles. The van der Waals surface area contributed by atoms with Crippen molar-refractivity contribution in [2.24, 2.45) is 0 Å². The van der Waals surface area contributed by atoms with Gasteiger partial charge in [-0.3, -0.25) is 5.32 Å². The van der Waals surface area contributed by atoms with Gasteiger partial charge in [0, 0.05) is 10.9 Å². The number of amides is 1. The number of aromatic amines is 1. The van der Waals surface area contributed by atoms with Gasteiger partial charge in [-0.2, -0.15) is 0 Å². The number of fused-ring (bicyclic) bond motifs is 1. The van der Waals surface area contributed by atoms with Crippen molar-refractivity contribution >= 4 is 28.7 Å². The van der Waals surface area contributed by atoms with E-state index >= 15 is 0 Å². The number of aromatic nitrogens is 1. The number of esters is 1. The molecule has 0 aliphatic heterocycles. The first-order valence-corrected chi connectivity index (χ1v) is 7.80. The largest absolute Gasteiger partial charge is 0.455 e. The van der Waals surface area contributed by atoms with Crippen LogP contribution in [0.2, 0.25) is 0 Å². The minimum absolute atomic E-state index is 0.192. The Kier molecular flexibility index (Phi) is 4.60. The molecule has 0 spiro atoms. The molecule has 1 amide bonds. The van der Waals surface area contributed by atoms with Gasteiger partial charge in [0.1, 0.15) is 16.9 Å². The summed E-state index contributed by atoms with van der Waals surface area (Å²) in [6, 6.07) is 7.31. The number of nitrogens with one attached hydrogen (secondary N) is 2. The van der Waals surface area contributed by atoms with E-state index in [-0.39, 0.29) is 5.69 Å². The number of carbonyl (C=O) groups is 2. The number of benzene rings is 1. The third-order valence-corrected chi connectivity index (χ3v) is 2.94. The minimum Gasteiger partial charge on any atom is -0.455 e. The summed E-state index contributed by atoms with van der Waals surface area (Å²) in [5, 5.41) is 3.38. The highest BCUT2D eigenvalue weighted by Crippen LogP contribution is 2.29. The Morgan fingerprint density at radius 2 is 1.54 bits per heavy atom. The Hall–Kier alpha value is -2.50. The van der Waals surface area contributed by atoms with Crippen molar-refractivity contribution in [2.45, 2.75) is 52.7 Å². The predicted molar refractivity (Wildman–Crippen MR) is 93.3 cm³/mol. The Bertz CT molecular complexity index is 763. The van der Waals surface area contributed by atoms with E-state index in [9.17, 15) is 9.59 Å². The molecule has 2 aromatic rings. The van der Waals surface area contributed by atoms with Gasteiger partial charge < -0.3 is 14.5 Å². The molecule has 2 N–H and O–H groups in total. The standard InChI is InChI=1S/C18H24N2O4/c1-17(2,3)23-15(21)14-13(20-16(22)24-18(4,5)6)11-9-7-8-10-12(11)19-14/h7-10,19H,1-6H3,(H,20,22). The summed E-state index contributed by atoms with van der Waals surface area (Å²) >= 11 is 0. The van der Waals surface area contributed by atoms with E-state index in [2.05, 4.69) is 10.3 Å². The minimum atomic E-state index is -0.641. The molecule has 6 nitrogen and oxygen atoms in total. The van der Waals surface area contributed by atoms with Crippen molar-refractivity contribution in [2.75, 3.05) is 5.32 Å². The summed E-state index contributed by atoms with van der Waals surface area (Å²) in [5.74, 6) is -0.537. The molecular formula is C18H24N2O4. The summed E-state index contributed by atoms with van der Waals surface area (Å²) in [6.07, 6.45) is -0.628. The van der Waals surface area contributed by atoms with Crippen molar-refractivity contribution in [3.8, 4) is 0 Å². The molecular weight excluding hydrogens is 308 g/mol. The quantitative estimate of drug-likeness (QED) is 0.795. The topological polar surface area (TPSA) is 80.4 Å². The zero-order valence-corrected chi connectivity index (χ0v) is 14.9. The summed E-state index contributed by atoms with van der Waals surface area (Å²) in [7, 11) is 0. The molecule has 0 aliphatic rings. The van der Waals surface area contributed by atoms with E-state index in [1.807, 2.05) is 24.3 Å². The van der Waals surface area contributed by atoms with Crippen LogP contribution in [-0.2, 0) is 9.47 Å². The number of rotatable bonds is 2. The maximum absolute atomic E-state index is 12.5. The van der Waals surface area contributed by atoms with Crippen molar-refractivity contribution in [1.82, 2.24) is 4.98 Å². The second-order valence-corrected chi connectivity index (χ2v) is 7.55. The van der Waals surface area contributed by atoms with Gasteiger partial charge in [0.05, 0.1) is 5.69 Å². The highest BCUT2D eigenvalue weighted by atomic mass is 16.6. The number of carbonyl (C=O) groups excluding carboxylic acids is 2. The molecule has 0 saturated carbocycles. The number of H-pyrrole nitrogens is 1. The lowest BCUT2D eigenvalue weighted by molar-refractivity contribution is 0.00651. The van der Waals surface area contributed by atoms with Crippen molar-refractivity contribution in [1.29, 1.82) is 0 Å². The monoisotopic (exact) mass is 332 g/mol. The van der Waals surface area contributed by atoms with Crippen LogP contribution in [0.25, 0.3) is 10.9 Å². The molecule has 0 saturated heterocycles. The van der Waals surface area contributed by atoms with Crippen LogP contribution in [0.4, 0.5) is 10.5 Å². The SMILES string of the molecule is CC(C)(C)OC(=O)Nc1c(C(=O)OC(C)(C)C)[nH]c2ccccc12. The lowest BCUT2D eigenvalue weighted by atomic mass is 10.2. The molecule has 0 unspecified atom stereocenters. The molecule has 24 heavy (non-hydrogen) atoms. The van der Waals surface area contributed by atoms with Gasteiger partial charge in [0.25, 0.3) is 0 Å². The van der Waals surface area contributed by atoms with Crippen molar-refractivity contribution in [3.05, 3.63) is 30.0 Å². The Morgan fingerprint density at radius 1 is 0.958 bits per heavy atom. The number of hydrogen-bond acceptors (Lipinski definition) is 4. The van der Waals surface area contributed by atoms with Crippen molar-refractivity contribution in [3.63, 3.8) is 0 Å². The fourth-order valence-electron chi connectivity index (χ4n) is 2.16. The molecule has 2 rings (SSSR count). The van der Waals surface area contributed by atoms with Gasteiger partial charge in [-0.15, -0.1) is 0 Å². The molecule has 0 fully saturated rings. The highest BCUT2D eigenvalue weighted by molar-refractivity contribution is 6.10. The van der Waals surface area contributed by atoms with Crippen LogP contribution in [-0.4, -0.2) is 28.2 Å². The first-order valence-electron chi connectivity index (χ1n) is 7.80. The average Bonchev–Trinajstić information content (AvgIpc) is 2.74. The second kappa shape index (κ2) is 6.19. The van der Waals surface area contributed by atoms with Gasteiger partial charge in [0.15, 0.2) is 0 Å². The van der Waals surface area contributed by atoms with Crippen LogP contribution in [0.15, 0.2) is 24.3 Å². The predicted octanol–water partition coefficient (Wildman–Crippen LogP) is 4.47. The lowest BCUT2D eigenvalue weighted by Gasteiger charge is -2.21. The Morgan fingerprint density at radius 3 is 2.12 bits per heavy atom. The van der Waals surface area contributed by atoms with Crippen LogP contribution in [0.1, 0.15) is 52.0 Å². The number of anilines is 1. The smallest absolute Gasteiger partial charge is 0.412 e. The van der Waals surface area contributed by atoms with E-state index < -0.39 is 23.3 Å². The van der Waals surface area contributed by atoms with Gasteiger partial charge in [-0.1, -0.05) is 18.2 Å². The molecule has 1 aromatic heterocycles. The fourth-order valence-corrected chi connectivity index (χ4v) is 2.16. The first kappa shape index (κ1) is 17.8. The fraction of sp³-hybridized carbons (Fsp3) is 0.444. The number of hydrogen-bond donors (Lipinski definition) is 2. The second-order valence-electron chi connectivity index (χ2n) is 7.55. The Balaban J connectivity index is 2.40. The molecule has 0 bridgehead atoms. The maximum Gasteiger partial charge on any atom is 0.412 e. The van der Waals surface area contributed by atoms with Crippen LogP contribution in [0.3, 0.4) is 0 Å². The zero-order valence-electron chi connectivity index (χ0n) is 14.9. The summed E-state index contributed by atoms with van der Waals surface area (Å²) in [5.41, 5.74) is -0.00432. The number of para-hydroxylation sites is 1. The Labute approximate surface area is 141 Å². The first-order chi connectivity index (χ1) is 11.0. The van der Waals surface area contributed by atoms with E-state index in [4.69, 9.17) is 9.47 Å². The van der Waals surface area contributed by atoms with Gasteiger partial charge in [-0.25, -0.2) is 9.59 Å². The molecule has 1 heterocycles. The summed E-state index contributed by atoms with van der Waals surface area (Å²) in [4.78, 5) is 27.6. The molecule has 6 heteroatoms. The molecule has 130 valence electrons. The summed E-state index contributed by atoms with van der Waals surface area (Å²) in [6.45, 7) is 10.7. The molecule has 1 aromatic carbocycles. The molecule has 0 atom stereocenters. The number of ether oxygens (including phenoxy) is 2. The van der Waals surface area contributed by atoms with Gasteiger partial charge in [-0.05, 0) is 47.6 Å². The van der Waals surface area contributed by atoms with Crippen molar-refractivity contribution < 1.29 is 19.1 Å². The van der Waals surface area contributed by atoms with E-state index in [1.165, 1.54) is 0 Å². The van der Waals surface area contributed by atoms with Crippen LogP contribution < -0.4 is 5.32 Å². The molecule has 0 radical (unpaired) electrons. The maximum atomic E-state index is 12.5. The van der Waals surface area contributed by atoms with Crippen LogP contribution in [0.5, 0.6) is 0 Å². The van der Waals surface area contributed by atoms with Crippen LogP contribution in [0, 0.1) is 0 Å². The zero-order chi connectivity index (χ0) is 18.1. The third kappa shape index (κ3) is 4.50. The summed E-state index contributed by atoms with van der Waals surface area (Å²) < 4.78 is 10.7. The van der Waals surface area contributed by atoms with E-state index in [1.54, 1.807) is 41.5 Å². The third-order valence-electron chi connectivity index (χ3n) is 2.94. The highest BCUT2D eigenvalue weighted by Gasteiger charge is 2.26. The average molecular weight is 332 g/mol. The normalized spacial score (nSPS) is 12.1. The van der Waals surface area contributed by atoms with E-state index in [0.29, 0.717) is 11.1 Å². The van der Waals surface area contributed by atoms with Gasteiger partial charge in [0.2, 0.25) is 0 Å². The van der Waals surface area contributed by atoms with Crippen LogP contribution >= 0.6 is 0 Å². The van der Waals surface area contributed by atoms with E-state index in [0.717, 1.165) is 5.52 Å².